The van der Waals surface area contributed by atoms with Gasteiger partial charge in [-0.25, -0.2) is 23.2 Å². The van der Waals surface area contributed by atoms with Gasteiger partial charge in [-0.15, -0.1) is 5.54 Å². The predicted octanol–water partition coefficient (Wildman–Crippen LogP) is 4.09. The first kappa shape index (κ1) is 25.7. The van der Waals surface area contributed by atoms with E-state index in [-0.39, 0.29) is 22.7 Å². The maximum Gasteiger partial charge on any atom is 0.322 e. The van der Waals surface area contributed by atoms with Crippen LogP contribution in [0.4, 0.5) is 10.6 Å². The summed E-state index contributed by atoms with van der Waals surface area (Å²) in [6.45, 7) is 13.4. The lowest BCUT2D eigenvalue weighted by Crippen LogP contribution is -2.43. The number of anilines is 1. The highest BCUT2D eigenvalue weighted by molar-refractivity contribution is 7.90. The average molecular weight is 476 g/mol. The van der Waals surface area contributed by atoms with E-state index >= 15 is 0 Å². The van der Waals surface area contributed by atoms with Gasteiger partial charge >= 0.3 is 6.03 Å². The number of aromatic nitrogens is 3. The summed E-state index contributed by atoms with van der Waals surface area (Å²) >= 11 is 0. The third-order valence-corrected chi connectivity index (χ3v) is 12.9. The van der Waals surface area contributed by atoms with Crippen molar-refractivity contribution in [3.63, 3.8) is 0 Å². The van der Waals surface area contributed by atoms with E-state index in [0.717, 1.165) is 6.26 Å². The Morgan fingerprint density at radius 3 is 2.09 bits per heavy atom. The van der Waals surface area contributed by atoms with Gasteiger partial charge < -0.3 is 4.90 Å². The minimum absolute atomic E-state index is 0.173. The molecule has 0 spiro atoms. The molecule has 2 heterocycles. The maximum absolute atomic E-state index is 12.2. The molecule has 8 nitrogen and oxygen atoms in total. The van der Waals surface area contributed by atoms with E-state index in [4.69, 9.17) is 0 Å². The molecule has 0 bridgehead atoms. The molecule has 174 valence electrons. The summed E-state index contributed by atoms with van der Waals surface area (Å²) in [5, 5.41) is 2.94. The zero-order chi connectivity index (χ0) is 24.4. The first-order valence-electron chi connectivity index (χ1n) is 10.6. The molecule has 10 heteroatoms. The largest absolute Gasteiger partial charge is 0.331 e. The number of carbonyl (C=O) groups is 1. The fourth-order valence-electron chi connectivity index (χ4n) is 4.17. The Labute approximate surface area is 192 Å². The zero-order valence-corrected chi connectivity index (χ0v) is 22.1. The lowest BCUT2D eigenvalue weighted by atomic mass is 10.2. The lowest BCUT2D eigenvalue weighted by Gasteiger charge is -2.38. The van der Waals surface area contributed by atoms with Crippen LogP contribution in [0.3, 0.4) is 0 Å². The van der Waals surface area contributed by atoms with Gasteiger partial charge in [0.15, 0.2) is 5.65 Å². The Bertz CT molecular complexity index is 1160. The van der Waals surface area contributed by atoms with Gasteiger partial charge in [0, 0.05) is 32.1 Å². The Hall–Kier alpha value is -2.51. The number of nitrogens with one attached hydrogen (secondary N) is 1. The number of sulfone groups is 1. The van der Waals surface area contributed by atoms with Crippen LogP contribution >= 0.6 is 0 Å². The van der Waals surface area contributed by atoms with Crippen molar-refractivity contribution in [3.8, 4) is 11.5 Å². The van der Waals surface area contributed by atoms with Gasteiger partial charge in [-0.3, -0.25) is 5.32 Å². The Morgan fingerprint density at radius 2 is 1.62 bits per heavy atom. The van der Waals surface area contributed by atoms with Crippen molar-refractivity contribution in [2.24, 2.45) is 0 Å². The van der Waals surface area contributed by atoms with E-state index in [1.807, 2.05) is 0 Å². The molecule has 2 aromatic heterocycles. The fourth-order valence-corrected chi connectivity index (χ4v) is 9.88. The minimum atomic E-state index is -3.61. The van der Waals surface area contributed by atoms with Gasteiger partial charge in [0.2, 0.25) is 15.0 Å². The summed E-state index contributed by atoms with van der Waals surface area (Å²) in [6, 6.07) is 1.34. The van der Waals surface area contributed by atoms with Crippen molar-refractivity contribution >= 4 is 40.8 Å². The minimum Gasteiger partial charge on any atom is -0.331 e. The van der Waals surface area contributed by atoms with Gasteiger partial charge in [0.1, 0.15) is 13.9 Å². The summed E-state index contributed by atoms with van der Waals surface area (Å²) < 4.78 is 23.9. The second-order valence-electron chi connectivity index (χ2n) is 9.19. The highest BCUT2D eigenvalue weighted by Crippen LogP contribution is 2.40. The van der Waals surface area contributed by atoms with Crippen LogP contribution in [0, 0.1) is 11.5 Å². The molecule has 0 aliphatic heterocycles. The van der Waals surface area contributed by atoms with Gasteiger partial charge in [-0.05, 0) is 22.7 Å². The molecule has 0 unspecified atom stereocenters. The molecular weight excluding hydrogens is 442 g/mol. The third-order valence-electron chi connectivity index (χ3n) is 5.80. The van der Waals surface area contributed by atoms with Crippen molar-refractivity contribution < 1.29 is 13.2 Å². The molecule has 0 saturated heterocycles. The van der Waals surface area contributed by atoms with E-state index < -0.39 is 17.9 Å². The van der Waals surface area contributed by atoms with E-state index in [2.05, 4.69) is 73.3 Å². The molecular formula is C22H33N5O3SSi. The molecule has 1 N–H and O–H groups in total. The van der Waals surface area contributed by atoms with Crippen LogP contribution in [0.5, 0.6) is 0 Å². The van der Waals surface area contributed by atoms with Crippen LogP contribution in [0.15, 0.2) is 17.4 Å². The number of fused-ring (bicyclic) bond motifs is 1. The molecule has 2 amide bonds. The molecule has 2 aromatic rings. The molecule has 0 aliphatic carbocycles. The van der Waals surface area contributed by atoms with Crippen molar-refractivity contribution in [1.82, 2.24) is 19.9 Å². The van der Waals surface area contributed by atoms with Gasteiger partial charge in [0.05, 0.1) is 5.39 Å². The topological polar surface area (TPSA) is 105 Å². The molecule has 0 radical (unpaired) electrons. The summed E-state index contributed by atoms with van der Waals surface area (Å²) in [5.74, 6) is 3.61. The molecule has 0 fully saturated rings. The summed E-state index contributed by atoms with van der Waals surface area (Å²) in [7, 11) is -2.39. The first-order valence-corrected chi connectivity index (χ1v) is 14.7. The number of amides is 2. The highest BCUT2D eigenvalue weighted by Gasteiger charge is 2.41. The van der Waals surface area contributed by atoms with Crippen molar-refractivity contribution in [1.29, 1.82) is 0 Å². The number of carbonyl (C=O) groups excluding carboxylic acids is 1. The van der Waals surface area contributed by atoms with E-state index in [1.165, 1.54) is 11.1 Å². The number of hydrogen-bond donors (Lipinski definition) is 1. The lowest BCUT2D eigenvalue weighted by molar-refractivity contribution is 0.230. The number of hydrogen-bond acceptors (Lipinski definition) is 6. The molecule has 32 heavy (non-hydrogen) atoms. The van der Waals surface area contributed by atoms with Crippen LogP contribution in [-0.2, 0) is 9.84 Å². The van der Waals surface area contributed by atoms with Crippen LogP contribution in [0.2, 0.25) is 16.6 Å². The number of rotatable bonds is 5. The maximum atomic E-state index is 12.2. The smallest absolute Gasteiger partial charge is 0.322 e. The van der Waals surface area contributed by atoms with Crippen LogP contribution < -0.4 is 5.32 Å². The number of urea groups is 1. The Kier molecular flexibility index (Phi) is 7.68. The number of nitrogens with zero attached hydrogens (tertiary/aromatic N) is 4. The van der Waals surface area contributed by atoms with E-state index in [9.17, 15) is 13.2 Å². The van der Waals surface area contributed by atoms with Crippen LogP contribution in [0.1, 0.15) is 47.1 Å². The fraction of sp³-hybridized carbons (Fsp3) is 0.545. The van der Waals surface area contributed by atoms with Gasteiger partial charge in [-0.1, -0.05) is 47.5 Å². The normalized spacial score (nSPS) is 12.2. The molecule has 0 atom stereocenters. The van der Waals surface area contributed by atoms with Crippen molar-refractivity contribution in [3.05, 3.63) is 17.8 Å². The standard InChI is InChI=1S/C22H33N5O3SSi/c1-14(2)32(15(3)4,16(5)6)11-10-17-12-19(25-22(28)27(7)8)24-20-18(17)13-23-21(26-20)31(9,29)30/h12-16H,1-9H3,(H,23,24,25,26,28). The summed E-state index contributed by atoms with van der Waals surface area (Å²) in [5.41, 5.74) is 5.78. The predicted molar refractivity (Wildman–Crippen MR) is 131 cm³/mol. The Morgan fingerprint density at radius 1 is 1.06 bits per heavy atom. The van der Waals surface area contributed by atoms with E-state index in [1.54, 1.807) is 20.2 Å². The number of pyridine rings is 1. The first-order chi connectivity index (χ1) is 14.7. The average Bonchev–Trinajstić information content (AvgIpc) is 2.66. The molecule has 0 aliphatic rings. The zero-order valence-electron chi connectivity index (χ0n) is 20.3. The third kappa shape index (κ3) is 5.27. The van der Waals surface area contributed by atoms with Crippen molar-refractivity contribution in [2.45, 2.75) is 63.3 Å². The molecule has 0 saturated carbocycles. The van der Waals surface area contributed by atoms with E-state index in [0.29, 0.717) is 27.6 Å². The second-order valence-corrected chi connectivity index (χ2v) is 16.7. The van der Waals surface area contributed by atoms with Crippen LogP contribution in [-0.4, -0.2) is 62.7 Å². The van der Waals surface area contributed by atoms with Gasteiger partial charge in [0.25, 0.3) is 0 Å². The SMILES string of the molecule is CC(C)[Si](C#Cc1cc(NC(=O)N(C)C)nc2nc(S(C)(=O)=O)ncc12)(C(C)C)C(C)C. The summed E-state index contributed by atoms with van der Waals surface area (Å²) in [4.78, 5) is 26.1. The molecule has 0 aromatic carbocycles. The highest BCUT2D eigenvalue weighted by atomic mass is 32.2. The van der Waals surface area contributed by atoms with Crippen molar-refractivity contribution in [2.75, 3.05) is 25.7 Å². The quantitative estimate of drug-likeness (QED) is 0.397. The second kappa shape index (κ2) is 9.54. The summed E-state index contributed by atoms with van der Waals surface area (Å²) in [6.07, 6.45) is 2.48. The van der Waals surface area contributed by atoms with Crippen LogP contribution in [0.25, 0.3) is 11.0 Å². The van der Waals surface area contributed by atoms with Gasteiger partial charge in [-0.2, -0.15) is 4.98 Å². The molecule has 2 rings (SSSR count). The Balaban J connectivity index is 2.79. The monoisotopic (exact) mass is 475 g/mol.